The number of carbonyl (C=O) groups is 1. The van der Waals surface area contributed by atoms with Gasteiger partial charge in [-0.1, -0.05) is 17.7 Å². The van der Waals surface area contributed by atoms with Crippen molar-refractivity contribution in [1.82, 2.24) is 15.0 Å². The Balaban J connectivity index is 1.78. The first-order chi connectivity index (χ1) is 15.2. The van der Waals surface area contributed by atoms with Crippen LogP contribution in [0, 0.1) is 11.7 Å². The van der Waals surface area contributed by atoms with E-state index in [1.807, 2.05) is 0 Å². The Bertz CT molecular complexity index is 1210. The maximum atomic E-state index is 13.7. The topological polar surface area (TPSA) is 110 Å². The van der Waals surface area contributed by atoms with Crippen LogP contribution in [0.4, 0.5) is 4.39 Å². The molecule has 2 aromatic rings. The van der Waals surface area contributed by atoms with Crippen LogP contribution in [-0.4, -0.2) is 44.6 Å². The first-order valence-electron chi connectivity index (χ1n) is 9.65. The predicted molar refractivity (Wildman–Crippen MR) is 119 cm³/mol. The normalized spacial score (nSPS) is 23.2. The molecule has 2 aliphatic rings. The lowest BCUT2D eigenvalue weighted by atomic mass is 9.75. The molecule has 1 unspecified atom stereocenters. The number of allylic oxidation sites excluding steroid dienone is 1. The van der Waals surface area contributed by atoms with Gasteiger partial charge in [0.2, 0.25) is 10.0 Å². The minimum atomic E-state index is -3.35. The number of nitrogens with zero attached hydrogens (tertiary/aromatic N) is 2. The Kier molecular flexibility index (Phi) is 6.35. The third-order valence-corrected chi connectivity index (χ3v) is 7.17. The van der Waals surface area contributed by atoms with E-state index in [2.05, 4.69) is 20.0 Å². The van der Waals surface area contributed by atoms with Gasteiger partial charge >= 0.3 is 5.97 Å². The third-order valence-electron chi connectivity index (χ3n) is 5.30. The molecule has 1 aromatic heterocycles. The first kappa shape index (κ1) is 22.8. The number of nitrogens with one attached hydrogen (secondary N) is 2. The number of aromatic nitrogens is 1. The Morgan fingerprint density at radius 1 is 1.38 bits per heavy atom. The van der Waals surface area contributed by atoms with Crippen molar-refractivity contribution in [1.29, 1.82) is 0 Å². The van der Waals surface area contributed by atoms with Gasteiger partial charge in [-0.15, -0.1) is 11.3 Å². The average molecular weight is 499 g/mol. The number of rotatable bonds is 6. The highest BCUT2D eigenvalue weighted by atomic mass is 35.5. The summed E-state index contributed by atoms with van der Waals surface area (Å²) in [4.78, 5) is 21.8. The molecule has 170 valence electrons. The second-order valence-corrected chi connectivity index (χ2v) is 10.7. The number of aliphatic imine (C=N–C) groups is 1. The molecule has 32 heavy (non-hydrogen) atoms. The van der Waals surface area contributed by atoms with E-state index in [1.165, 1.54) is 36.6 Å². The summed E-state index contributed by atoms with van der Waals surface area (Å²) in [6.45, 7) is 0. The fourth-order valence-corrected chi connectivity index (χ4v) is 5.53. The van der Waals surface area contributed by atoms with E-state index in [4.69, 9.17) is 16.3 Å². The fraction of sp³-hybridized carbons (Fsp3) is 0.350. The fourth-order valence-electron chi connectivity index (χ4n) is 3.87. The van der Waals surface area contributed by atoms with Crippen molar-refractivity contribution in [3.8, 4) is 0 Å². The van der Waals surface area contributed by atoms with E-state index in [0.29, 0.717) is 34.9 Å². The molecule has 2 N–H and O–H groups in total. The zero-order valence-electron chi connectivity index (χ0n) is 17.1. The summed E-state index contributed by atoms with van der Waals surface area (Å²) >= 11 is 7.69. The zero-order valence-corrected chi connectivity index (χ0v) is 19.5. The van der Waals surface area contributed by atoms with E-state index in [0.717, 1.165) is 6.26 Å². The van der Waals surface area contributed by atoms with Gasteiger partial charge in [0.25, 0.3) is 0 Å². The van der Waals surface area contributed by atoms with Crippen LogP contribution in [0.5, 0.6) is 0 Å². The molecule has 0 spiro atoms. The largest absolute Gasteiger partial charge is 0.466 e. The van der Waals surface area contributed by atoms with Gasteiger partial charge in [-0.05, 0) is 25.0 Å². The van der Waals surface area contributed by atoms with Crippen LogP contribution in [0.1, 0.15) is 29.5 Å². The van der Waals surface area contributed by atoms with E-state index in [9.17, 15) is 17.6 Å². The van der Waals surface area contributed by atoms with E-state index in [-0.39, 0.29) is 22.6 Å². The van der Waals surface area contributed by atoms with Crippen LogP contribution in [0.15, 0.2) is 46.0 Å². The molecular formula is C20H20ClFN4O4S2. The third kappa shape index (κ3) is 4.70. The van der Waals surface area contributed by atoms with Crippen LogP contribution in [0.2, 0.25) is 5.02 Å². The summed E-state index contributed by atoms with van der Waals surface area (Å²) in [6, 6.07) is 2.84. The highest BCUT2D eigenvalue weighted by Gasteiger charge is 2.41. The standard InChI is InChI=1S/C20H20ClFN4O4S2/c1-30-20(27)15-16(10-7-12(8-10)26-32(2,28)29)24-18(19-23-5-6-31-19)25-17(15)13-4-3-11(22)9-14(13)21/h3-6,9-10,12,17,26H,7-8H2,1-2H3,(H,24,25)/t10-,12-,17?. The Labute approximate surface area is 193 Å². The molecule has 1 saturated carbocycles. The second kappa shape index (κ2) is 8.89. The molecular weight excluding hydrogens is 479 g/mol. The van der Waals surface area contributed by atoms with E-state index < -0.39 is 27.9 Å². The zero-order chi connectivity index (χ0) is 23.0. The summed E-state index contributed by atoms with van der Waals surface area (Å²) < 4.78 is 44.4. The monoisotopic (exact) mass is 498 g/mol. The van der Waals surface area contributed by atoms with Crippen molar-refractivity contribution >= 4 is 44.8 Å². The lowest BCUT2D eigenvalue weighted by molar-refractivity contribution is -0.136. The van der Waals surface area contributed by atoms with Crippen LogP contribution in [-0.2, 0) is 19.6 Å². The number of hydrogen-bond donors (Lipinski definition) is 2. The van der Waals surface area contributed by atoms with E-state index in [1.54, 1.807) is 11.6 Å². The predicted octanol–water partition coefficient (Wildman–Crippen LogP) is 2.78. The Morgan fingerprint density at radius 3 is 2.72 bits per heavy atom. The van der Waals surface area contributed by atoms with Crippen molar-refractivity contribution in [2.45, 2.75) is 24.9 Å². The molecule has 0 radical (unpaired) electrons. The Morgan fingerprint density at radius 2 is 2.12 bits per heavy atom. The van der Waals surface area contributed by atoms with E-state index >= 15 is 0 Å². The van der Waals surface area contributed by atoms with Crippen LogP contribution in [0.3, 0.4) is 0 Å². The molecule has 1 aliphatic heterocycles. The van der Waals surface area contributed by atoms with Crippen molar-refractivity contribution < 1.29 is 22.3 Å². The van der Waals surface area contributed by atoms with Gasteiger partial charge in [-0.25, -0.2) is 27.3 Å². The van der Waals surface area contributed by atoms with Gasteiger partial charge in [-0.3, -0.25) is 4.99 Å². The average Bonchev–Trinajstić information content (AvgIpc) is 3.23. The van der Waals surface area contributed by atoms with Gasteiger partial charge < -0.3 is 10.1 Å². The summed E-state index contributed by atoms with van der Waals surface area (Å²) in [5.74, 6) is -0.795. The van der Waals surface area contributed by atoms with Crippen molar-refractivity contribution in [3.63, 3.8) is 0 Å². The molecule has 1 fully saturated rings. The van der Waals surface area contributed by atoms with Gasteiger partial charge in [0.1, 0.15) is 11.9 Å². The number of sulfonamides is 1. The quantitative estimate of drug-likeness (QED) is 0.593. The number of methoxy groups -OCH3 is 1. The highest BCUT2D eigenvalue weighted by molar-refractivity contribution is 7.88. The van der Waals surface area contributed by atoms with Crippen molar-refractivity contribution in [2.24, 2.45) is 10.9 Å². The lowest BCUT2D eigenvalue weighted by Crippen LogP contribution is -2.48. The minimum absolute atomic E-state index is 0.130. The number of esters is 1. The van der Waals surface area contributed by atoms with Gasteiger partial charge in [0, 0.05) is 39.8 Å². The molecule has 2 heterocycles. The molecule has 8 nitrogen and oxygen atoms in total. The van der Waals surface area contributed by atoms with Gasteiger partial charge in [0.05, 0.1) is 18.9 Å². The SMILES string of the molecule is COC(=O)C1=C([C@H]2C[C@H](NS(C)(=O)=O)C2)NC(c2nccs2)=NC1c1ccc(F)cc1Cl. The molecule has 1 atom stereocenters. The maximum Gasteiger partial charge on any atom is 0.338 e. The number of carbonyl (C=O) groups excluding carboxylic acids is 1. The number of halogens is 2. The maximum absolute atomic E-state index is 13.7. The summed E-state index contributed by atoms with van der Waals surface area (Å²) in [7, 11) is -2.08. The summed E-state index contributed by atoms with van der Waals surface area (Å²) in [5, 5.41) is 5.76. The van der Waals surface area contributed by atoms with Crippen LogP contribution < -0.4 is 10.0 Å². The molecule has 0 amide bonds. The number of amidine groups is 1. The molecule has 1 aromatic carbocycles. The van der Waals surface area contributed by atoms with Gasteiger partial charge in [0.15, 0.2) is 10.8 Å². The molecule has 0 bridgehead atoms. The van der Waals surface area contributed by atoms with Gasteiger partial charge in [-0.2, -0.15) is 0 Å². The minimum Gasteiger partial charge on any atom is -0.466 e. The summed E-state index contributed by atoms with van der Waals surface area (Å²) in [6.07, 6.45) is 3.73. The van der Waals surface area contributed by atoms with Crippen molar-refractivity contribution in [2.75, 3.05) is 13.4 Å². The first-order valence-corrected chi connectivity index (χ1v) is 12.8. The van der Waals surface area contributed by atoms with Crippen LogP contribution >= 0.6 is 22.9 Å². The van der Waals surface area contributed by atoms with Crippen LogP contribution in [0.25, 0.3) is 0 Å². The molecule has 4 rings (SSSR count). The van der Waals surface area contributed by atoms with Crippen molar-refractivity contribution in [3.05, 3.63) is 62.5 Å². The Hall–Kier alpha value is -2.34. The number of hydrogen-bond acceptors (Lipinski definition) is 8. The lowest BCUT2D eigenvalue weighted by Gasteiger charge is -2.40. The number of benzene rings is 1. The smallest absolute Gasteiger partial charge is 0.338 e. The molecule has 0 saturated heterocycles. The summed E-state index contributed by atoms with van der Waals surface area (Å²) in [5.41, 5.74) is 1.28. The second-order valence-electron chi connectivity index (χ2n) is 7.58. The number of thiazole rings is 1. The molecule has 12 heteroatoms. The highest BCUT2D eigenvalue weighted by Crippen LogP contribution is 2.42. The molecule has 1 aliphatic carbocycles. The number of ether oxygens (including phenoxy) is 1.